The Labute approximate surface area is 106 Å². The van der Waals surface area contributed by atoms with E-state index in [0.717, 1.165) is 0 Å². The Morgan fingerprint density at radius 1 is 1.33 bits per heavy atom. The molecule has 1 rings (SSSR count). The molecule has 0 heterocycles. The first-order chi connectivity index (χ1) is 8.62. The van der Waals surface area contributed by atoms with E-state index in [1.165, 1.54) is 7.11 Å². The lowest BCUT2D eigenvalue weighted by Crippen LogP contribution is -2.03. The first kappa shape index (κ1) is 14.0. The maximum atomic E-state index is 11.6. The van der Waals surface area contributed by atoms with Crippen LogP contribution in [0, 0.1) is 0 Å². The van der Waals surface area contributed by atoms with Gasteiger partial charge in [0.25, 0.3) is 0 Å². The molecule has 1 aromatic carbocycles. The topological polar surface area (TPSA) is 57.1 Å². The van der Waals surface area contributed by atoms with Crippen molar-refractivity contribution >= 4 is 17.6 Å². The molecule has 0 unspecified atom stereocenters. The van der Waals surface area contributed by atoms with Crippen LogP contribution in [0.5, 0.6) is 5.75 Å². The first-order valence-corrected chi connectivity index (χ1v) is 5.56. The molecule has 0 bridgehead atoms. The average Bonchev–Trinajstić information content (AvgIpc) is 2.38. The van der Waals surface area contributed by atoms with E-state index in [2.05, 4.69) is 4.99 Å². The summed E-state index contributed by atoms with van der Waals surface area (Å²) in [6.45, 7) is 4.11. The number of ether oxygens (including phenoxy) is 3. The Balaban J connectivity index is 3.19. The Hall–Kier alpha value is -2.04. The molecule has 5 heteroatoms. The van der Waals surface area contributed by atoms with Gasteiger partial charge < -0.3 is 14.2 Å². The van der Waals surface area contributed by atoms with Crippen LogP contribution in [-0.2, 0) is 9.47 Å². The quantitative estimate of drug-likeness (QED) is 0.469. The molecule has 98 valence electrons. The largest absolute Gasteiger partial charge is 0.497 e. The van der Waals surface area contributed by atoms with Gasteiger partial charge in [-0.3, -0.25) is 0 Å². The summed E-state index contributed by atoms with van der Waals surface area (Å²) in [4.78, 5) is 15.8. The van der Waals surface area contributed by atoms with E-state index < -0.39 is 5.97 Å². The molecule has 0 fully saturated rings. The van der Waals surface area contributed by atoms with Gasteiger partial charge in [-0.2, -0.15) is 0 Å². The zero-order valence-electron chi connectivity index (χ0n) is 11.0. The fourth-order valence-corrected chi connectivity index (χ4v) is 1.42. The molecule has 0 aromatic heterocycles. The van der Waals surface area contributed by atoms with E-state index in [-0.39, 0.29) is 0 Å². The summed E-state index contributed by atoms with van der Waals surface area (Å²) in [6, 6.07) is 4.96. The van der Waals surface area contributed by atoms with Crippen molar-refractivity contribution in [3.8, 4) is 5.75 Å². The average molecular weight is 251 g/mol. The molecular weight excluding hydrogens is 234 g/mol. The number of aliphatic imine (C=N–C) groups is 1. The van der Waals surface area contributed by atoms with Gasteiger partial charge in [0.1, 0.15) is 5.75 Å². The zero-order chi connectivity index (χ0) is 13.5. The van der Waals surface area contributed by atoms with E-state index in [0.29, 0.717) is 29.5 Å². The number of esters is 1. The monoisotopic (exact) mass is 251 g/mol. The summed E-state index contributed by atoms with van der Waals surface area (Å²) in [5.74, 6) is 0.655. The Morgan fingerprint density at radius 3 is 2.61 bits per heavy atom. The molecule has 1 aromatic rings. The summed E-state index contributed by atoms with van der Waals surface area (Å²) in [5, 5.41) is 0. The molecular formula is C13H17NO4. The van der Waals surface area contributed by atoms with Crippen LogP contribution in [0.3, 0.4) is 0 Å². The van der Waals surface area contributed by atoms with Gasteiger partial charge in [-0.25, -0.2) is 9.79 Å². The van der Waals surface area contributed by atoms with Crippen molar-refractivity contribution in [2.75, 3.05) is 20.8 Å². The third-order valence-corrected chi connectivity index (χ3v) is 2.24. The molecule has 18 heavy (non-hydrogen) atoms. The van der Waals surface area contributed by atoms with Gasteiger partial charge in [-0.05, 0) is 19.1 Å². The van der Waals surface area contributed by atoms with Gasteiger partial charge in [0.2, 0.25) is 0 Å². The second-order valence-corrected chi connectivity index (χ2v) is 3.44. The van der Waals surface area contributed by atoms with Crippen LogP contribution in [0.4, 0.5) is 5.69 Å². The Kier molecular flexibility index (Phi) is 5.17. The van der Waals surface area contributed by atoms with Crippen molar-refractivity contribution < 1.29 is 19.0 Å². The highest BCUT2D eigenvalue weighted by atomic mass is 16.5. The molecule has 0 aliphatic heterocycles. The van der Waals surface area contributed by atoms with Crippen molar-refractivity contribution in [1.29, 1.82) is 0 Å². The van der Waals surface area contributed by atoms with E-state index in [4.69, 9.17) is 14.2 Å². The summed E-state index contributed by atoms with van der Waals surface area (Å²) in [5.41, 5.74) is 0.838. The summed E-state index contributed by atoms with van der Waals surface area (Å²) < 4.78 is 15.0. The first-order valence-electron chi connectivity index (χ1n) is 5.56. The minimum atomic E-state index is -0.444. The molecule has 0 aliphatic rings. The fraction of sp³-hybridized carbons (Fsp3) is 0.385. The minimum Gasteiger partial charge on any atom is -0.497 e. The van der Waals surface area contributed by atoms with E-state index in [9.17, 15) is 4.79 Å². The molecule has 0 saturated carbocycles. The Bertz CT molecular complexity index is 454. The number of carbonyl (C=O) groups excluding carboxylic acids is 1. The van der Waals surface area contributed by atoms with Crippen LogP contribution in [0.1, 0.15) is 24.2 Å². The molecule has 0 amide bonds. The summed E-state index contributed by atoms with van der Waals surface area (Å²) in [6.07, 6.45) is 0. The van der Waals surface area contributed by atoms with Gasteiger partial charge in [0.15, 0.2) is 5.90 Å². The number of benzene rings is 1. The van der Waals surface area contributed by atoms with E-state index in [1.807, 2.05) is 6.92 Å². The number of hydrogen-bond donors (Lipinski definition) is 0. The predicted octanol–water partition coefficient (Wildman–Crippen LogP) is 2.57. The van der Waals surface area contributed by atoms with Crippen LogP contribution in [0.25, 0.3) is 0 Å². The van der Waals surface area contributed by atoms with E-state index >= 15 is 0 Å². The lowest BCUT2D eigenvalue weighted by molar-refractivity contribution is 0.0601. The number of rotatable bonds is 4. The molecule has 0 saturated heterocycles. The smallest absolute Gasteiger partial charge is 0.340 e. The minimum absolute atomic E-state index is 0.373. The number of nitrogens with zero attached hydrogens (tertiary/aromatic N) is 1. The summed E-state index contributed by atoms with van der Waals surface area (Å²) in [7, 11) is 2.88. The Morgan fingerprint density at radius 2 is 2.06 bits per heavy atom. The fourth-order valence-electron chi connectivity index (χ4n) is 1.42. The lowest BCUT2D eigenvalue weighted by Gasteiger charge is -2.08. The number of methoxy groups -OCH3 is 2. The van der Waals surface area contributed by atoms with Crippen molar-refractivity contribution in [1.82, 2.24) is 0 Å². The third-order valence-electron chi connectivity index (χ3n) is 2.24. The van der Waals surface area contributed by atoms with Crippen molar-refractivity contribution in [2.24, 2.45) is 4.99 Å². The molecule has 0 radical (unpaired) electrons. The van der Waals surface area contributed by atoms with Gasteiger partial charge in [0.05, 0.1) is 32.1 Å². The van der Waals surface area contributed by atoms with Gasteiger partial charge in [-0.15, -0.1) is 0 Å². The highest BCUT2D eigenvalue weighted by molar-refractivity contribution is 5.96. The van der Waals surface area contributed by atoms with Crippen molar-refractivity contribution in [3.05, 3.63) is 23.8 Å². The second kappa shape index (κ2) is 6.64. The maximum Gasteiger partial charge on any atom is 0.340 e. The standard InChI is InChI=1S/C13H17NO4/c1-5-18-9(2)14-12-8-10(16-3)6-7-11(12)13(15)17-4/h6-8H,5H2,1-4H3. The predicted molar refractivity (Wildman–Crippen MR) is 68.7 cm³/mol. The van der Waals surface area contributed by atoms with Crippen LogP contribution in [-0.4, -0.2) is 32.7 Å². The molecule has 0 spiro atoms. The van der Waals surface area contributed by atoms with Gasteiger partial charge in [-0.1, -0.05) is 0 Å². The number of hydrogen-bond acceptors (Lipinski definition) is 5. The maximum absolute atomic E-state index is 11.6. The molecule has 5 nitrogen and oxygen atoms in total. The SMILES string of the molecule is CCOC(C)=Nc1cc(OC)ccc1C(=O)OC. The second-order valence-electron chi connectivity index (χ2n) is 3.44. The molecule has 0 aliphatic carbocycles. The van der Waals surface area contributed by atoms with Crippen molar-refractivity contribution in [2.45, 2.75) is 13.8 Å². The number of carbonyl (C=O) groups is 1. The van der Waals surface area contributed by atoms with Crippen LogP contribution in [0.15, 0.2) is 23.2 Å². The van der Waals surface area contributed by atoms with Crippen molar-refractivity contribution in [3.63, 3.8) is 0 Å². The normalized spacial score (nSPS) is 11.0. The highest BCUT2D eigenvalue weighted by Gasteiger charge is 2.12. The van der Waals surface area contributed by atoms with E-state index in [1.54, 1.807) is 32.2 Å². The zero-order valence-corrected chi connectivity index (χ0v) is 11.0. The highest BCUT2D eigenvalue weighted by Crippen LogP contribution is 2.26. The van der Waals surface area contributed by atoms with Gasteiger partial charge in [0, 0.05) is 13.0 Å². The van der Waals surface area contributed by atoms with Crippen LogP contribution >= 0.6 is 0 Å². The van der Waals surface area contributed by atoms with Crippen LogP contribution < -0.4 is 4.74 Å². The third kappa shape index (κ3) is 3.48. The molecule has 0 atom stereocenters. The van der Waals surface area contributed by atoms with Crippen LogP contribution in [0.2, 0.25) is 0 Å². The molecule has 0 N–H and O–H groups in total. The lowest BCUT2D eigenvalue weighted by atomic mass is 10.1. The van der Waals surface area contributed by atoms with Gasteiger partial charge >= 0.3 is 5.97 Å². The summed E-state index contributed by atoms with van der Waals surface area (Å²) >= 11 is 0.